The van der Waals surface area contributed by atoms with E-state index in [0.717, 1.165) is 10.3 Å². The van der Waals surface area contributed by atoms with Crippen molar-refractivity contribution < 1.29 is 18.7 Å². The van der Waals surface area contributed by atoms with E-state index in [1.54, 1.807) is 27.7 Å². The van der Waals surface area contributed by atoms with Crippen molar-refractivity contribution in [2.75, 3.05) is 35.6 Å². The summed E-state index contributed by atoms with van der Waals surface area (Å²) in [6.07, 6.45) is -0.822. The van der Waals surface area contributed by atoms with Gasteiger partial charge >= 0.3 is 6.09 Å². The Morgan fingerprint density at radius 2 is 1.94 bits per heavy atom. The number of amides is 2. The molecule has 1 fully saturated rings. The molecule has 2 aromatic carbocycles. The van der Waals surface area contributed by atoms with E-state index in [0.29, 0.717) is 54.4 Å². The Bertz CT molecular complexity index is 1410. The van der Waals surface area contributed by atoms with Crippen LogP contribution in [0.1, 0.15) is 11.5 Å². The molecule has 2 amide bonds. The molecule has 0 spiro atoms. The largest absolute Gasteiger partial charge is 0.443 e. The number of halogens is 1. The van der Waals surface area contributed by atoms with E-state index in [1.165, 1.54) is 23.9 Å². The molecular weight excluding hydrogens is 459 g/mol. The number of anilines is 2. The van der Waals surface area contributed by atoms with Crippen molar-refractivity contribution in [2.24, 2.45) is 0 Å². The van der Waals surface area contributed by atoms with Gasteiger partial charge in [0, 0.05) is 47.8 Å². The van der Waals surface area contributed by atoms with Gasteiger partial charge in [-0.15, -0.1) is 11.8 Å². The molecule has 8 nitrogen and oxygen atoms in total. The normalized spacial score (nSPS) is 21.0. The van der Waals surface area contributed by atoms with Crippen LogP contribution in [0.3, 0.4) is 0 Å². The molecule has 2 N–H and O–H groups in total. The molecule has 0 unspecified atom stereocenters. The third-order valence-electron chi connectivity index (χ3n) is 6.49. The number of aromatic nitrogens is 1. The lowest BCUT2D eigenvalue weighted by molar-refractivity contribution is -0.113. The van der Waals surface area contributed by atoms with Gasteiger partial charge in [-0.1, -0.05) is 0 Å². The van der Waals surface area contributed by atoms with Gasteiger partial charge < -0.3 is 19.9 Å². The second-order valence-corrected chi connectivity index (χ2v) is 9.69. The summed E-state index contributed by atoms with van der Waals surface area (Å²) in [6.45, 7) is 1.63. The first-order chi connectivity index (χ1) is 16.5. The quantitative estimate of drug-likeness (QED) is 0.584. The molecule has 0 bridgehead atoms. The van der Waals surface area contributed by atoms with E-state index in [4.69, 9.17) is 4.74 Å². The van der Waals surface area contributed by atoms with Crippen molar-refractivity contribution in [3.8, 4) is 0 Å². The Morgan fingerprint density at radius 3 is 2.82 bits per heavy atom. The van der Waals surface area contributed by atoms with Crippen LogP contribution in [0.25, 0.3) is 10.9 Å². The van der Waals surface area contributed by atoms with Gasteiger partial charge in [-0.25, -0.2) is 9.18 Å². The number of benzene rings is 2. The number of ether oxygens (including phenoxy) is 1. The van der Waals surface area contributed by atoms with Crippen LogP contribution in [0.5, 0.6) is 0 Å². The topological polar surface area (TPSA) is 92.7 Å². The van der Waals surface area contributed by atoms with Gasteiger partial charge in [0.1, 0.15) is 11.9 Å². The minimum atomic E-state index is -0.447. The second-order valence-electron chi connectivity index (χ2n) is 8.67. The van der Waals surface area contributed by atoms with E-state index in [-0.39, 0.29) is 29.3 Å². The van der Waals surface area contributed by atoms with E-state index >= 15 is 0 Å². The number of nitrogens with zero attached hydrogens (tertiary/aromatic N) is 2. The van der Waals surface area contributed by atoms with Crippen LogP contribution in [-0.4, -0.2) is 48.1 Å². The fourth-order valence-electron chi connectivity index (χ4n) is 4.94. The number of cyclic esters (lactones) is 1. The fraction of sp³-hybridized carbons (Fsp3) is 0.292. The maximum Gasteiger partial charge on any atom is 0.414 e. The number of carbonyl (C=O) groups is 2. The van der Waals surface area contributed by atoms with Gasteiger partial charge in [0.15, 0.2) is 0 Å². The smallest absolute Gasteiger partial charge is 0.414 e. The Morgan fingerprint density at radius 1 is 1.09 bits per heavy atom. The van der Waals surface area contributed by atoms with Crippen molar-refractivity contribution >= 4 is 46.0 Å². The van der Waals surface area contributed by atoms with E-state index in [2.05, 4.69) is 10.6 Å². The summed E-state index contributed by atoms with van der Waals surface area (Å²) in [7, 11) is 0. The molecule has 6 rings (SSSR count). The molecule has 3 aromatic rings. The third-order valence-corrected chi connectivity index (χ3v) is 7.57. The Balaban J connectivity index is 1.12. The van der Waals surface area contributed by atoms with Gasteiger partial charge in [0.25, 0.3) is 5.56 Å². The summed E-state index contributed by atoms with van der Waals surface area (Å²) in [5.41, 5.74) is 2.44. The van der Waals surface area contributed by atoms with Crippen LogP contribution in [0.4, 0.5) is 20.6 Å². The van der Waals surface area contributed by atoms with Crippen molar-refractivity contribution in [3.05, 3.63) is 64.2 Å². The number of rotatable bonds is 5. The molecule has 34 heavy (non-hydrogen) atoms. The molecule has 0 radical (unpaired) electrons. The van der Waals surface area contributed by atoms with Crippen LogP contribution in [0.2, 0.25) is 0 Å². The van der Waals surface area contributed by atoms with Crippen molar-refractivity contribution in [1.82, 2.24) is 9.88 Å². The lowest BCUT2D eigenvalue weighted by Crippen LogP contribution is -2.33. The molecule has 3 aliphatic heterocycles. The molecule has 2 atom stereocenters. The first-order valence-electron chi connectivity index (χ1n) is 11.1. The van der Waals surface area contributed by atoms with Crippen LogP contribution >= 0.6 is 11.8 Å². The molecule has 3 aliphatic rings. The summed E-state index contributed by atoms with van der Waals surface area (Å²) in [5, 5.41) is 6.98. The summed E-state index contributed by atoms with van der Waals surface area (Å²) in [5.74, 6) is -0.185. The standard InChI is InChI=1S/C24H21FN4O4S/c25-17-4-1-13-2-6-21(31)29-10-14(22(17)23(13)29)8-26-9-16-11-28(24(32)33-16)15-3-5-19-18(7-15)27-20(30)12-34-19/h1-7,14,16,26H,8-12H2,(H,27,30)/t14-,16+/m0/s1. The fourth-order valence-corrected chi connectivity index (χ4v) is 5.73. The van der Waals surface area contributed by atoms with Gasteiger partial charge in [-0.05, 0) is 41.8 Å². The highest BCUT2D eigenvalue weighted by Gasteiger charge is 2.34. The first-order valence-corrected chi connectivity index (χ1v) is 12.0. The van der Waals surface area contributed by atoms with Crippen LogP contribution in [0.15, 0.2) is 52.2 Å². The van der Waals surface area contributed by atoms with Gasteiger partial charge in [-0.3, -0.25) is 14.5 Å². The van der Waals surface area contributed by atoms with Gasteiger partial charge in [0.2, 0.25) is 5.91 Å². The van der Waals surface area contributed by atoms with Crippen molar-refractivity contribution in [3.63, 3.8) is 0 Å². The second kappa shape index (κ2) is 8.14. The first kappa shape index (κ1) is 21.2. The maximum atomic E-state index is 14.7. The van der Waals surface area contributed by atoms with Crippen LogP contribution in [0, 0.1) is 5.82 Å². The average molecular weight is 481 g/mol. The molecule has 10 heteroatoms. The minimum absolute atomic E-state index is 0.0656. The molecule has 0 aliphatic carbocycles. The highest BCUT2D eigenvalue weighted by Crippen LogP contribution is 2.36. The summed E-state index contributed by atoms with van der Waals surface area (Å²) < 4.78 is 21.8. The predicted molar refractivity (Wildman–Crippen MR) is 127 cm³/mol. The lowest BCUT2D eigenvalue weighted by Gasteiger charge is -2.20. The van der Waals surface area contributed by atoms with Crippen LogP contribution in [-0.2, 0) is 16.1 Å². The molecule has 4 heterocycles. The van der Waals surface area contributed by atoms with E-state index in [9.17, 15) is 18.8 Å². The lowest BCUT2D eigenvalue weighted by atomic mass is 9.99. The zero-order chi connectivity index (χ0) is 23.4. The molecule has 174 valence electrons. The Kier molecular flexibility index (Phi) is 5.07. The highest BCUT2D eigenvalue weighted by atomic mass is 32.2. The number of thioether (sulfide) groups is 1. The zero-order valence-electron chi connectivity index (χ0n) is 18.0. The minimum Gasteiger partial charge on any atom is -0.443 e. The molecule has 0 saturated carbocycles. The number of hydrogen-bond acceptors (Lipinski definition) is 6. The SMILES string of the molecule is O=C1CSc2ccc(N3C[C@@H](CNC[C@H]4Cn5c(=O)ccc6ccc(F)c4c65)OC3=O)cc2N1. The van der Waals surface area contributed by atoms with Crippen molar-refractivity contribution in [1.29, 1.82) is 0 Å². The monoisotopic (exact) mass is 480 g/mol. The van der Waals surface area contributed by atoms with Crippen LogP contribution < -0.4 is 21.1 Å². The number of carbonyl (C=O) groups excluding carboxylic acids is 2. The summed E-state index contributed by atoms with van der Waals surface area (Å²) >= 11 is 1.46. The Labute approximate surface area is 198 Å². The molecule has 1 aromatic heterocycles. The maximum absolute atomic E-state index is 14.7. The van der Waals surface area contributed by atoms with Gasteiger partial charge in [0.05, 0.1) is 23.5 Å². The average Bonchev–Trinajstić information content (AvgIpc) is 3.39. The molecular formula is C24H21FN4O4S. The number of fused-ring (bicyclic) bond motifs is 1. The highest BCUT2D eigenvalue weighted by molar-refractivity contribution is 8.00. The molecule has 1 saturated heterocycles. The summed E-state index contributed by atoms with van der Waals surface area (Å²) in [6, 6.07) is 11.9. The van der Waals surface area contributed by atoms with E-state index in [1.807, 2.05) is 12.1 Å². The predicted octanol–water partition coefficient (Wildman–Crippen LogP) is 2.90. The zero-order valence-corrected chi connectivity index (χ0v) is 18.9. The van der Waals surface area contributed by atoms with E-state index < -0.39 is 6.09 Å². The van der Waals surface area contributed by atoms with Crippen molar-refractivity contribution in [2.45, 2.75) is 23.5 Å². The number of hydrogen-bond donors (Lipinski definition) is 2. The van der Waals surface area contributed by atoms with Gasteiger partial charge in [-0.2, -0.15) is 0 Å². The number of pyridine rings is 1. The third kappa shape index (κ3) is 3.54. The summed E-state index contributed by atoms with van der Waals surface area (Å²) in [4.78, 5) is 39.0. The Hall–Kier alpha value is -3.37. The number of nitrogens with one attached hydrogen (secondary N) is 2.